The van der Waals surface area contributed by atoms with E-state index in [-0.39, 0.29) is 6.03 Å². The molecule has 0 atom stereocenters. The zero-order valence-electron chi connectivity index (χ0n) is 14.8. The molecule has 0 radical (unpaired) electrons. The molecule has 0 aliphatic heterocycles. The summed E-state index contributed by atoms with van der Waals surface area (Å²) in [6.45, 7) is 2.28. The summed E-state index contributed by atoms with van der Waals surface area (Å²) in [6, 6.07) is 5.60. The summed E-state index contributed by atoms with van der Waals surface area (Å²) in [5, 5.41) is 10.3. The summed E-state index contributed by atoms with van der Waals surface area (Å²) in [7, 11) is 1.61. The summed E-state index contributed by atoms with van der Waals surface area (Å²) < 4.78 is 7.13. The smallest absolute Gasteiger partial charge is 0.320 e. The predicted molar refractivity (Wildman–Crippen MR) is 95.7 cm³/mol. The minimum atomic E-state index is -0.262. The number of urea groups is 1. The average Bonchev–Trinajstić information content (AvgIpc) is 3.01. The second-order valence-corrected chi connectivity index (χ2v) is 6.40. The van der Waals surface area contributed by atoms with Crippen molar-refractivity contribution in [2.45, 2.75) is 51.6 Å². The Labute approximate surface area is 147 Å². The zero-order chi connectivity index (χ0) is 17.6. The van der Waals surface area contributed by atoms with Crippen molar-refractivity contribution in [1.29, 1.82) is 0 Å². The number of ether oxygens (including phenoxy) is 1. The summed E-state index contributed by atoms with van der Waals surface area (Å²) in [4.78, 5) is 16.5. The van der Waals surface area contributed by atoms with Crippen LogP contribution in [0.25, 0.3) is 0 Å². The van der Waals surface area contributed by atoms with Gasteiger partial charge in [-0.3, -0.25) is 10.3 Å². The van der Waals surface area contributed by atoms with Crippen molar-refractivity contribution < 1.29 is 9.53 Å². The molecule has 0 unspecified atom stereocenters. The standard InChI is InChI=1S/C18H25N5O2/c1-13-10-17(23(22-13)15-6-4-3-5-7-15)21-18(24)20-12-14-11-16(25-2)8-9-19-14/h8-11,15H,3-7,12H2,1-2H3,(H2,20,21,24). The van der Waals surface area contributed by atoms with Gasteiger partial charge >= 0.3 is 6.03 Å². The lowest BCUT2D eigenvalue weighted by atomic mass is 9.96. The second-order valence-electron chi connectivity index (χ2n) is 6.40. The SMILES string of the molecule is COc1ccnc(CNC(=O)Nc2cc(C)nn2C2CCCCC2)c1. The third-order valence-corrected chi connectivity index (χ3v) is 4.47. The van der Waals surface area contributed by atoms with Crippen molar-refractivity contribution >= 4 is 11.8 Å². The van der Waals surface area contributed by atoms with Crippen molar-refractivity contribution in [2.75, 3.05) is 12.4 Å². The van der Waals surface area contributed by atoms with Gasteiger partial charge in [0.05, 0.1) is 31.1 Å². The van der Waals surface area contributed by atoms with E-state index >= 15 is 0 Å². The molecule has 3 rings (SSSR count). The minimum Gasteiger partial charge on any atom is -0.497 e. The maximum absolute atomic E-state index is 12.3. The van der Waals surface area contributed by atoms with E-state index in [0.717, 1.165) is 35.8 Å². The second kappa shape index (κ2) is 8.00. The molecule has 0 aromatic carbocycles. The van der Waals surface area contributed by atoms with Gasteiger partial charge in [-0.15, -0.1) is 0 Å². The zero-order valence-corrected chi connectivity index (χ0v) is 14.8. The molecule has 2 N–H and O–H groups in total. The Hall–Kier alpha value is -2.57. The van der Waals surface area contributed by atoms with Gasteiger partial charge in [0.1, 0.15) is 11.6 Å². The van der Waals surface area contributed by atoms with Crippen LogP contribution in [0.15, 0.2) is 24.4 Å². The fourth-order valence-electron chi connectivity index (χ4n) is 3.23. The molecule has 7 heteroatoms. The van der Waals surface area contributed by atoms with Crippen LogP contribution in [-0.4, -0.2) is 27.9 Å². The molecule has 1 aliphatic rings. The van der Waals surface area contributed by atoms with Gasteiger partial charge < -0.3 is 10.1 Å². The summed E-state index contributed by atoms with van der Waals surface area (Å²) >= 11 is 0. The first-order chi connectivity index (χ1) is 12.2. The van der Waals surface area contributed by atoms with E-state index in [1.54, 1.807) is 25.4 Å². The van der Waals surface area contributed by atoms with E-state index < -0.39 is 0 Å². The highest BCUT2D eigenvalue weighted by atomic mass is 16.5. The summed E-state index contributed by atoms with van der Waals surface area (Å²) in [6.07, 6.45) is 7.62. The van der Waals surface area contributed by atoms with Crippen molar-refractivity contribution in [3.8, 4) is 5.75 Å². The Morgan fingerprint density at radius 3 is 2.88 bits per heavy atom. The Morgan fingerprint density at radius 1 is 1.32 bits per heavy atom. The topological polar surface area (TPSA) is 81.1 Å². The predicted octanol–water partition coefficient (Wildman–Crippen LogP) is 3.42. The molecule has 2 aromatic heterocycles. The molecular formula is C18H25N5O2. The minimum absolute atomic E-state index is 0.262. The number of carbonyl (C=O) groups is 1. The van der Waals surface area contributed by atoms with Crippen LogP contribution in [0.5, 0.6) is 5.75 Å². The van der Waals surface area contributed by atoms with Crippen LogP contribution in [0.3, 0.4) is 0 Å². The molecule has 1 aliphatic carbocycles. The van der Waals surface area contributed by atoms with Crippen molar-refractivity contribution in [2.24, 2.45) is 0 Å². The van der Waals surface area contributed by atoms with E-state index in [2.05, 4.69) is 20.7 Å². The Kier molecular flexibility index (Phi) is 5.53. The Morgan fingerprint density at radius 2 is 2.12 bits per heavy atom. The number of aromatic nitrogens is 3. The van der Waals surface area contributed by atoms with Crippen LogP contribution in [0.4, 0.5) is 10.6 Å². The number of hydrogen-bond acceptors (Lipinski definition) is 4. The van der Waals surface area contributed by atoms with Crippen LogP contribution in [0, 0.1) is 6.92 Å². The van der Waals surface area contributed by atoms with Crippen LogP contribution < -0.4 is 15.4 Å². The fraction of sp³-hybridized carbons (Fsp3) is 0.500. The number of anilines is 1. The number of nitrogens with one attached hydrogen (secondary N) is 2. The van der Waals surface area contributed by atoms with Gasteiger partial charge in [0.25, 0.3) is 0 Å². The number of hydrogen-bond donors (Lipinski definition) is 2. The molecule has 7 nitrogen and oxygen atoms in total. The normalized spacial score (nSPS) is 15.0. The highest BCUT2D eigenvalue weighted by Crippen LogP contribution is 2.30. The maximum atomic E-state index is 12.3. The number of rotatable bonds is 5. The highest BCUT2D eigenvalue weighted by Gasteiger charge is 2.20. The van der Waals surface area contributed by atoms with E-state index in [1.807, 2.05) is 17.7 Å². The molecule has 1 fully saturated rings. The van der Waals surface area contributed by atoms with E-state index in [1.165, 1.54) is 19.3 Å². The van der Waals surface area contributed by atoms with Gasteiger partial charge in [-0.25, -0.2) is 9.48 Å². The molecule has 0 saturated heterocycles. The third-order valence-electron chi connectivity index (χ3n) is 4.47. The van der Waals surface area contributed by atoms with Crippen LogP contribution in [-0.2, 0) is 6.54 Å². The number of pyridine rings is 1. The van der Waals surface area contributed by atoms with Crippen molar-refractivity contribution in [3.05, 3.63) is 35.8 Å². The first-order valence-corrected chi connectivity index (χ1v) is 8.75. The molecule has 1 saturated carbocycles. The Balaban J connectivity index is 1.60. The summed E-state index contributed by atoms with van der Waals surface area (Å²) in [5.74, 6) is 1.47. The fourth-order valence-corrected chi connectivity index (χ4v) is 3.23. The lowest BCUT2D eigenvalue weighted by Gasteiger charge is -2.24. The molecule has 134 valence electrons. The van der Waals surface area contributed by atoms with E-state index in [9.17, 15) is 4.79 Å². The molecule has 0 bridgehead atoms. The van der Waals surface area contributed by atoms with Gasteiger partial charge in [0, 0.05) is 18.3 Å². The highest BCUT2D eigenvalue weighted by molar-refractivity contribution is 5.88. The maximum Gasteiger partial charge on any atom is 0.320 e. The first-order valence-electron chi connectivity index (χ1n) is 8.75. The third kappa shape index (κ3) is 4.49. The molecule has 25 heavy (non-hydrogen) atoms. The lowest BCUT2D eigenvalue weighted by Crippen LogP contribution is -2.30. The number of nitrogens with zero attached hydrogens (tertiary/aromatic N) is 3. The van der Waals surface area contributed by atoms with E-state index in [0.29, 0.717) is 12.6 Å². The van der Waals surface area contributed by atoms with Crippen molar-refractivity contribution in [3.63, 3.8) is 0 Å². The first kappa shape index (κ1) is 17.3. The molecular weight excluding hydrogens is 318 g/mol. The van der Waals surface area contributed by atoms with Gasteiger partial charge in [0.2, 0.25) is 0 Å². The number of methoxy groups -OCH3 is 1. The lowest BCUT2D eigenvalue weighted by molar-refractivity contribution is 0.251. The van der Waals surface area contributed by atoms with Crippen molar-refractivity contribution in [1.82, 2.24) is 20.1 Å². The molecule has 2 aromatic rings. The molecule has 0 spiro atoms. The quantitative estimate of drug-likeness (QED) is 0.871. The largest absolute Gasteiger partial charge is 0.497 e. The van der Waals surface area contributed by atoms with Crippen LogP contribution >= 0.6 is 0 Å². The van der Waals surface area contributed by atoms with Gasteiger partial charge in [-0.2, -0.15) is 5.10 Å². The number of amides is 2. The average molecular weight is 343 g/mol. The summed E-state index contributed by atoms with van der Waals surface area (Å²) in [5.41, 5.74) is 1.65. The Bertz CT molecular complexity index is 722. The number of aryl methyl sites for hydroxylation is 1. The monoisotopic (exact) mass is 343 g/mol. The van der Waals surface area contributed by atoms with Gasteiger partial charge in [-0.1, -0.05) is 19.3 Å². The van der Waals surface area contributed by atoms with Crippen LogP contribution in [0.1, 0.15) is 49.5 Å². The molecule has 2 heterocycles. The van der Waals surface area contributed by atoms with Gasteiger partial charge in [-0.05, 0) is 25.8 Å². The van der Waals surface area contributed by atoms with Gasteiger partial charge in [0.15, 0.2) is 0 Å². The molecule has 2 amide bonds. The van der Waals surface area contributed by atoms with Crippen LogP contribution in [0.2, 0.25) is 0 Å². The van der Waals surface area contributed by atoms with E-state index in [4.69, 9.17) is 4.74 Å². The number of carbonyl (C=O) groups excluding carboxylic acids is 1.